The van der Waals surface area contributed by atoms with Crippen LogP contribution in [0.15, 0.2) is 18.2 Å². The first-order valence-electron chi connectivity index (χ1n) is 8.09. The maximum atomic E-state index is 5.53. The fraction of sp³-hybridized carbons (Fsp3) is 0.667. The predicted octanol–water partition coefficient (Wildman–Crippen LogP) is 4.10. The van der Waals surface area contributed by atoms with Crippen molar-refractivity contribution in [3.05, 3.63) is 29.3 Å². The minimum Gasteiger partial charge on any atom is -0.496 e. The first-order chi connectivity index (χ1) is 9.72. The maximum Gasteiger partial charge on any atom is 0.122 e. The fourth-order valence-electron chi connectivity index (χ4n) is 3.50. The molecule has 1 aliphatic rings. The Morgan fingerprint density at radius 1 is 1.25 bits per heavy atom. The lowest BCUT2D eigenvalue weighted by atomic mass is 9.90. The van der Waals surface area contributed by atoms with Crippen LogP contribution in [-0.4, -0.2) is 19.7 Å². The fourth-order valence-corrected chi connectivity index (χ4v) is 3.50. The van der Waals surface area contributed by atoms with Gasteiger partial charge in [-0.2, -0.15) is 0 Å². The zero-order valence-electron chi connectivity index (χ0n) is 13.2. The first-order valence-corrected chi connectivity index (χ1v) is 8.09. The Hall–Kier alpha value is -1.02. The molecule has 0 radical (unpaired) electrons. The van der Waals surface area contributed by atoms with Gasteiger partial charge in [-0.1, -0.05) is 43.9 Å². The molecule has 0 heterocycles. The normalized spacial score (nSPS) is 23.4. The van der Waals surface area contributed by atoms with Gasteiger partial charge in [-0.05, 0) is 50.3 Å². The molecule has 1 aromatic rings. The molecule has 1 aliphatic carbocycles. The second-order valence-electron chi connectivity index (χ2n) is 6.16. The second-order valence-corrected chi connectivity index (χ2v) is 6.16. The molecule has 0 aromatic heterocycles. The summed E-state index contributed by atoms with van der Waals surface area (Å²) in [6, 6.07) is 7.26. The first kappa shape index (κ1) is 15.4. The summed E-state index contributed by atoms with van der Waals surface area (Å²) in [7, 11) is 1.78. The summed E-state index contributed by atoms with van der Waals surface area (Å²) in [6.07, 6.45) is 7.92. The van der Waals surface area contributed by atoms with Crippen molar-refractivity contribution in [1.29, 1.82) is 0 Å². The average molecular weight is 275 g/mol. The van der Waals surface area contributed by atoms with E-state index in [1.54, 1.807) is 7.11 Å². The standard InChI is InChI=1S/C18H29NO/c1-4-19-17-8-6-5-7-15(13-17)12-16-11-14(2)9-10-18(16)20-3/h9-11,15,17,19H,4-8,12-13H2,1-3H3. The van der Waals surface area contributed by atoms with Gasteiger partial charge in [0.15, 0.2) is 0 Å². The van der Waals surface area contributed by atoms with Crippen LogP contribution in [0, 0.1) is 12.8 Å². The summed E-state index contributed by atoms with van der Waals surface area (Å²) in [6.45, 7) is 5.46. The molecule has 0 aliphatic heterocycles. The molecule has 0 amide bonds. The van der Waals surface area contributed by atoms with Crippen molar-refractivity contribution < 1.29 is 4.74 Å². The van der Waals surface area contributed by atoms with Crippen molar-refractivity contribution >= 4 is 0 Å². The number of hydrogen-bond acceptors (Lipinski definition) is 2. The van der Waals surface area contributed by atoms with Gasteiger partial charge in [0.1, 0.15) is 5.75 Å². The average Bonchev–Trinajstić information content (AvgIpc) is 2.65. The van der Waals surface area contributed by atoms with Crippen LogP contribution in [0.5, 0.6) is 5.75 Å². The largest absolute Gasteiger partial charge is 0.496 e. The van der Waals surface area contributed by atoms with Crippen molar-refractivity contribution in [3.63, 3.8) is 0 Å². The molecular weight excluding hydrogens is 246 g/mol. The molecule has 2 heteroatoms. The molecule has 2 unspecified atom stereocenters. The van der Waals surface area contributed by atoms with Crippen LogP contribution in [-0.2, 0) is 6.42 Å². The summed E-state index contributed by atoms with van der Waals surface area (Å²) in [4.78, 5) is 0. The molecule has 2 rings (SSSR count). The van der Waals surface area contributed by atoms with Crippen LogP contribution in [0.3, 0.4) is 0 Å². The van der Waals surface area contributed by atoms with Crippen LogP contribution in [0.2, 0.25) is 0 Å². The Kier molecular flexibility index (Phi) is 5.90. The van der Waals surface area contributed by atoms with Crippen LogP contribution in [0.4, 0.5) is 0 Å². The van der Waals surface area contributed by atoms with Crippen molar-refractivity contribution in [3.8, 4) is 5.75 Å². The predicted molar refractivity (Wildman–Crippen MR) is 85.5 cm³/mol. The number of hydrogen-bond donors (Lipinski definition) is 1. The molecule has 0 saturated heterocycles. The molecule has 1 saturated carbocycles. The summed E-state index contributed by atoms with van der Waals surface area (Å²) < 4.78 is 5.53. The smallest absolute Gasteiger partial charge is 0.122 e. The highest BCUT2D eigenvalue weighted by Crippen LogP contribution is 2.30. The maximum absolute atomic E-state index is 5.53. The Morgan fingerprint density at radius 2 is 2.05 bits per heavy atom. The van der Waals surface area contributed by atoms with E-state index in [0.29, 0.717) is 6.04 Å². The molecule has 1 fully saturated rings. The van der Waals surface area contributed by atoms with Gasteiger partial charge in [0, 0.05) is 6.04 Å². The molecule has 112 valence electrons. The number of nitrogens with one attached hydrogen (secondary N) is 1. The summed E-state index contributed by atoms with van der Waals surface area (Å²) in [5.41, 5.74) is 2.72. The monoisotopic (exact) mass is 275 g/mol. The lowest BCUT2D eigenvalue weighted by Crippen LogP contribution is -2.30. The van der Waals surface area contributed by atoms with E-state index in [2.05, 4.69) is 37.4 Å². The van der Waals surface area contributed by atoms with E-state index in [-0.39, 0.29) is 0 Å². The topological polar surface area (TPSA) is 21.3 Å². The van der Waals surface area contributed by atoms with Gasteiger partial charge >= 0.3 is 0 Å². The molecule has 1 aromatic carbocycles. The molecular formula is C18H29NO. The van der Waals surface area contributed by atoms with Gasteiger partial charge in [-0.3, -0.25) is 0 Å². The lowest BCUT2D eigenvalue weighted by molar-refractivity contribution is 0.374. The van der Waals surface area contributed by atoms with Crippen molar-refractivity contribution in [2.45, 2.75) is 58.4 Å². The van der Waals surface area contributed by atoms with Gasteiger partial charge in [0.05, 0.1) is 7.11 Å². The summed E-state index contributed by atoms with van der Waals surface area (Å²) in [5.74, 6) is 1.84. The van der Waals surface area contributed by atoms with E-state index in [4.69, 9.17) is 4.74 Å². The number of benzene rings is 1. The van der Waals surface area contributed by atoms with Crippen LogP contribution in [0.25, 0.3) is 0 Å². The zero-order valence-corrected chi connectivity index (χ0v) is 13.2. The van der Waals surface area contributed by atoms with Crippen LogP contribution < -0.4 is 10.1 Å². The van der Waals surface area contributed by atoms with E-state index in [1.165, 1.54) is 43.2 Å². The Labute approximate surface area is 123 Å². The number of aryl methyl sites for hydroxylation is 1. The summed E-state index contributed by atoms with van der Waals surface area (Å²) >= 11 is 0. The van der Waals surface area contributed by atoms with Crippen molar-refractivity contribution in [1.82, 2.24) is 5.32 Å². The molecule has 0 spiro atoms. The van der Waals surface area contributed by atoms with E-state index in [9.17, 15) is 0 Å². The highest BCUT2D eigenvalue weighted by Gasteiger charge is 2.21. The lowest BCUT2D eigenvalue weighted by Gasteiger charge is -2.21. The van der Waals surface area contributed by atoms with Gasteiger partial charge in [0.25, 0.3) is 0 Å². The quantitative estimate of drug-likeness (QED) is 0.817. The molecule has 2 nitrogen and oxygen atoms in total. The minimum absolute atomic E-state index is 0.711. The Balaban J connectivity index is 2.05. The zero-order chi connectivity index (χ0) is 14.4. The Morgan fingerprint density at radius 3 is 2.80 bits per heavy atom. The van der Waals surface area contributed by atoms with Gasteiger partial charge in [-0.15, -0.1) is 0 Å². The van der Waals surface area contributed by atoms with Crippen molar-refractivity contribution in [2.24, 2.45) is 5.92 Å². The Bertz CT molecular complexity index is 416. The van der Waals surface area contributed by atoms with E-state index < -0.39 is 0 Å². The molecule has 20 heavy (non-hydrogen) atoms. The van der Waals surface area contributed by atoms with E-state index in [0.717, 1.165) is 24.6 Å². The second kappa shape index (κ2) is 7.68. The third-order valence-electron chi connectivity index (χ3n) is 4.47. The van der Waals surface area contributed by atoms with E-state index in [1.807, 2.05) is 0 Å². The third kappa shape index (κ3) is 4.24. The number of methoxy groups -OCH3 is 1. The highest BCUT2D eigenvalue weighted by atomic mass is 16.5. The van der Waals surface area contributed by atoms with Gasteiger partial charge < -0.3 is 10.1 Å². The molecule has 2 atom stereocenters. The van der Waals surface area contributed by atoms with Crippen LogP contribution in [0.1, 0.15) is 50.2 Å². The number of rotatable bonds is 5. The minimum atomic E-state index is 0.711. The van der Waals surface area contributed by atoms with Crippen molar-refractivity contribution in [2.75, 3.05) is 13.7 Å². The van der Waals surface area contributed by atoms with Crippen LogP contribution >= 0.6 is 0 Å². The van der Waals surface area contributed by atoms with E-state index >= 15 is 0 Å². The third-order valence-corrected chi connectivity index (χ3v) is 4.47. The van der Waals surface area contributed by atoms with Gasteiger partial charge in [-0.25, -0.2) is 0 Å². The highest BCUT2D eigenvalue weighted by molar-refractivity contribution is 5.37. The summed E-state index contributed by atoms with van der Waals surface area (Å²) in [5, 5.41) is 3.65. The number of ether oxygens (including phenoxy) is 1. The molecule has 0 bridgehead atoms. The SMILES string of the molecule is CCNC1CCCCC(Cc2cc(C)ccc2OC)C1. The molecule has 1 N–H and O–H groups in total. The van der Waals surface area contributed by atoms with Gasteiger partial charge in [0.2, 0.25) is 0 Å².